The highest BCUT2D eigenvalue weighted by Gasteiger charge is 2.51. The van der Waals surface area contributed by atoms with E-state index in [1.54, 1.807) is 0 Å². The Morgan fingerprint density at radius 1 is 0.862 bits per heavy atom. The lowest BCUT2D eigenvalue weighted by molar-refractivity contribution is -0.155. The van der Waals surface area contributed by atoms with E-state index in [1.807, 2.05) is 60.7 Å². The number of hydrogen-bond acceptors (Lipinski definition) is 4. The van der Waals surface area contributed by atoms with Gasteiger partial charge in [-0.05, 0) is 24.0 Å². The molecule has 0 bridgehead atoms. The smallest absolute Gasteiger partial charge is 0.239 e. The van der Waals surface area contributed by atoms with Gasteiger partial charge >= 0.3 is 0 Å². The molecule has 1 aliphatic carbocycles. The number of carbonyl (C=O) groups excluding carboxylic acids is 2. The van der Waals surface area contributed by atoms with Gasteiger partial charge in [0.25, 0.3) is 0 Å². The van der Waals surface area contributed by atoms with Crippen LogP contribution < -0.4 is 5.73 Å². The van der Waals surface area contributed by atoms with E-state index in [-0.39, 0.29) is 13.2 Å². The Morgan fingerprint density at radius 3 is 1.62 bits per heavy atom. The third-order valence-electron chi connectivity index (χ3n) is 5.96. The molecular formula is C23H28N2O4. The van der Waals surface area contributed by atoms with Crippen LogP contribution in [0, 0.1) is 5.41 Å². The van der Waals surface area contributed by atoms with Crippen LogP contribution in [0.1, 0.15) is 48.9 Å². The van der Waals surface area contributed by atoms with Crippen LogP contribution in [0.5, 0.6) is 0 Å². The molecule has 0 saturated heterocycles. The average Bonchev–Trinajstić information content (AvgIpc) is 3.26. The van der Waals surface area contributed by atoms with E-state index in [0.29, 0.717) is 12.8 Å². The van der Waals surface area contributed by atoms with Crippen molar-refractivity contribution in [1.82, 2.24) is 4.90 Å². The van der Waals surface area contributed by atoms with Crippen molar-refractivity contribution in [2.24, 2.45) is 11.1 Å². The Bertz CT molecular complexity index is 772. The van der Waals surface area contributed by atoms with Gasteiger partial charge in [0.1, 0.15) is 5.41 Å². The van der Waals surface area contributed by atoms with Gasteiger partial charge in [-0.25, -0.2) is 0 Å². The number of primary amides is 1. The van der Waals surface area contributed by atoms with Gasteiger partial charge in [0.15, 0.2) is 0 Å². The van der Waals surface area contributed by atoms with Gasteiger partial charge in [0, 0.05) is 0 Å². The minimum Gasteiger partial charge on any atom is -0.394 e. The van der Waals surface area contributed by atoms with Crippen LogP contribution in [0.25, 0.3) is 0 Å². The van der Waals surface area contributed by atoms with Crippen LogP contribution in [-0.2, 0) is 9.59 Å². The van der Waals surface area contributed by atoms with E-state index < -0.39 is 29.3 Å². The van der Waals surface area contributed by atoms with Gasteiger partial charge in [-0.15, -0.1) is 0 Å². The van der Waals surface area contributed by atoms with Crippen molar-refractivity contribution in [2.75, 3.05) is 13.2 Å². The molecule has 1 fully saturated rings. The van der Waals surface area contributed by atoms with Crippen LogP contribution in [0.4, 0.5) is 0 Å². The largest absolute Gasteiger partial charge is 0.394 e. The number of aliphatic hydroxyl groups is 2. The number of nitrogens with zero attached hydrogens (tertiary/aromatic N) is 1. The summed E-state index contributed by atoms with van der Waals surface area (Å²) in [6.45, 7) is -0.679. The van der Waals surface area contributed by atoms with Gasteiger partial charge < -0.3 is 20.8 Å². The number of hydrogen-bond donors (Lipinski definition) is 3. The second-order valence-corrected chi connectivity index (χ2v) is 7.58. The van der Waals surface area contributed by atoms with E-state index in [2.05, 4.69) is 0 Å². The molecule has 154 valence electrons. The van der Waals surface area contributed by atoms with Crippen molar-refractivity contribution >= 4 is 11.8 Å². The second-order valence-electron chi connectivity index (χ2n) is 7.58. The van der Waals surface area contributed by atoms with Crippen LogP contribution in [0.3, 0.4) is 0 Å². The van der Waals surface area contributed by atoms with Crippen molar-refractivity contribution in [3.05, 3.63) is 71.8 Å². The Balaban J connectivity index is 2.12. The number of nitrogens with two attached hydrogens (primary N) is 1. The Kier molecular flexibility index (Phi) is 6.67. The first-order chi connectivity index (χ1) is 14.0. The third kappa shape index (κ3) is 4.04. The van der Waals surface area contributed by atoms with Gasteiger partial charge in [0.05, 0.1) is 25.3 Å². The standard InChI is InChI=1S/C23H28N2O4/c24-21(28)23(13-7-8-14-23)22(29)25(19(15-26)17-9-3-1-4-10-17)20(16-27)18-11-5-2-6-12-18/h1-6,9-12,19-20,26-27H,7-8,13-16H2,(H2,24,28). The van der Waals surface area contributed by atoms with Gasteiger partial charge in [-0.2, -0.15) is 0 Å². The molecule has 0 aromatic heterocycles. The van der Waals surface area contributed by atoms with Crippen molar-refractivity contribution in [3.63, 3.8) is 0 Å². The number of rotatable bonds is 8. The SMILES string of the molecule is NC(=O)C1(C(=O)N(C(CO)c2ccccc2)C(CO)c2ccccc2)CCCC1. The van der Waals surface area contributed by atoms with Crippen molar-refractivity contribution in [2.45, 2.75) is 37.8 Å². The fraction of sp³-hybridized carbons (Fsp3) is 0.391. The molecule has 0 heterocycles. The number of amides is 2. The van der Waals surface area contributed by atoms with E-state index in [9.17, 15) is 19.8 Å². The molecule has 1 aliphatic rings. The predicted molar refractivity (Wildman–Crippen MR) is 109 cm³/mol. The second kappa shape index (κ2) is 9.20. The highest BCUT2D eigenvalue weighted by Crippen LogP contribution is 2.43. The van der Waals surface area contributed by atoms with Crippen LogP contribution >= 0.6 is 0 Å². The molecule has 2 aromatic rings. The summed E-state index contributed by atoms with van der Waals surface area (Å²) in [5.74, 6) is -1.06. The van der Waals surface area contributed by atoms with Crippen molar-refractivity contribution in [3.8, 4) is 0 Å². The zero-order chi connectivity index (χ0) is 20.9. The maximum absolute atomic E-state index is 13.9. The lowest BCUT2D eigenvalue weighted by Crippen LogP contribution is -2.53. The van der Waals surface area contributed by atoms with Crippen LogP contribution in [-0.4, -0.2) is 40.1 Å². The van der Waals surface area contributed by atoms with Crippen LogP contribution in [0.15, 0.2) is 60.7 Å². The lowest BCUT2D eigenvalue weighted by Gasteiger charge is -2.41. The van der Waals surface area contributed by atoms with Gasteiger partial charge in [0.2, 0.25) is 11.8 Å². The average molecular weight is 396 g/mol. The summed E-state index contributed by atoms with van der Waals surface area (Å²) >= 11 is 0. The molecule has 0 aliphatic heterocycles. The maximum atomic E-state index is 13.9. The number of carbonyl (C=O) groups is 2. The van der Waals surface area contributed by atoms with Gasteiger partial charge in [-0.1, -0.05) is 73.5 Å². The van der Waals surface area contributed by atoms with E-state index in [0.717, 1.165) is 24.0 Å². The molecule has 2 unspecified atom stereocenters. The molecule has 6 heteroatoms. The maximum Gasteiger partial charge on any atom is 0.239 e. The Morgan fingerprint density at radius 2 is 1.28 bits per heavy atom. The molecule has 3 rings (SSSR count). The summed E-state index contributed by atoms with van der Waals surface area (Å²) in [6.07, 6.45) is 2.26. The molecule has 29 heavy (non-hydrogen) atoms. The quantitative estimate of drug-likeness (QED) is 0.596. The summed E-state index contributed by atoms with van der Waals surface area (Å²) in [4.78, 5) is 27.7. The Labute approximate surface area is 171 Å². The van der Waals surface area contributed by atoms with Crippen molar-refractivity contribution < 1.29 is 19.8 Å². The molecule has 6 nitrogen and oxygen atoms in total. The normalized spacial score (nSPS) is 17.4. The van der Waals surface area contributed by atoms with E-state index >= 15 is 0 Å². The molecule has 2 amide bonds. The highest BCUT2D eigenvalue weighted by atomic mass is 16.3. The topological polar surface area (TPSA) is 104 Å². The molecule has 2 atom stereocenters. The first kappa shape index (κ1) is 21.0. The lowest BCUT2D eigenvalue weighted by atomic mass is 9.82. The Hall–Kier alpha value is -2.70. The summed E-state index contributed by atoms with van der Waals surface area (Å²) in [5.41, 5.74) is 5.88. The summed E-state index contributed by atoms with van der Waals surface area (Å²) < 4.78 is 0. The summed E-state index contributed by atoms with van der Waals surface area (Å²) in [6, 6.07) is 16.9. The first-order valence-corrected chi connectivity index (χ1v) is 9.99. The van der Waals surface area contributed by atoms with E-state index in [4.69, 9.17) is 5.73 Å². The number of benzene rings is 2. The fourth-order valence-electron chi connectivity index (χ4n) is 4.35. The molecule has 2 aromatic carbocycles. The van der Waals surface area contributed by atoms with Crippen molar-refractivity contribution in [1.29, 1.82) is 0 Å². The fourth-order valence-corrected chi connectivity index (χ4v) is 4.35. The molecule has 0 spiro atoms. The van der Waals surface area contributed by atoms with Crippen LogP contribution in [0.2, 0.25) is 0 Å². The molecule has 0 radical (unpaired) electrons. The van der Waals surface area contributed by atoms with E-state index in [1.165, 1.54) is 4.90 Å². The molecular weight excluding hydrogens is 368 g/mol. The number of aliphatic hydroxyl groups excluding tert-OH is 2. The molecule has 4 N–H and O–H groups in total. The highest BCUT2D eigenvalue weighted by molar-refractivity contribution is 6.05. The minimum absolute atomic E-state index is 0.339. The third-order valence-corrected chi connectivity index (χ3v) is 5.96. The monoisotopic (exact) mass is 396 g/mol. The first-order valence-electron chi connectivity index (χ1n) is 9.99. The molecule has 1 saturated carbocycles. The predicted octanol–water partition coefficient (Wildman–Crippen LogP) is 2.33. The summed E-state index contributed by atoms with van der Waals surface area (Å²) in [7, 11) is 0. The zero-order valence-electron chi connectivity index (χ0n) is 16.4. The minimum atomic E-state index is -1.30. The zero-order valence-corrected chi connectivity index (χ0v) is 16.4. The van der Waals surface area contributed by atoms with Gasteiger partial charge in [-0.3, -0.25) is 9.59 Å². The summed E-state index contributed by atoms with van der Waals surface area (Å²) in [5, 5.41) is 20.5.